The van der Waals surface area contributed by atoms with Crippen LogP contribution in [-0.2, 0) is 11.3 Å². The molecule has 4 rings (SSSR count). The fourth-order valence-corrected chi connectivity index (χ4v) is 3.47. The highest BCUT2D eigenvalue weighted by atomic mass is 16.4. The van der Waals surface area contributed by atoms with Crippen molar-refractivity contribution in [3.63, 3.8) is 0 Å². The van der Waals surface area contributed by atoms with Gasteiger partial charge in [-0.2, -0.15) is 0 Å². The van der Waals surface area contributed by atoms with E-state index in [1.807, 2.05) is 78.9 Å². The minimum Gasteiger partial charge on any atom is -0.481 e. The number of nitrogens with one attached hydrogen (secondary N) is 1. The second kappa shape index (κ2) is 7.69. The van der Waals surface area contributed by atoms with E-state index in [-0.39, 0.29) is 17.6 Å². The predicted octanol–water partition coefficient (Wildman–Crippen LogP) is 4.72. The second-order valence-electron chi connectivity index (χ2n) is 7.16. The van der Waals surface area contributed by atoms with Crippen molar-refractivity contribution in [1.82, 2.24) is 0 Å². The molecule has 0 saturated heterocycles. The summed E-state index contributed by atoms with van der Waals surface area (Å²) in [6, 6.07) is 24.8. The van der Waals surface area contributed by atoms with Crippen LogP contribution in [0.25, 0.3) is 0 Å². The fraction of sp³-hybridized carbons (Fsp3) is 0.167. The molecule has 0 aromatic heterocycles. The van der Waals surface area contributed by atoms with E-state index in [1.54, 1.807) is 0 Å². The Morgan fingerprint density at radius 3 is 2.29 bits per heavy atom. The number of ketones is 1. The summed E-state index contributed by atoms with van der Waals surface area (Å²) in [5.74, 6) is -0.780. The topological polar surface area (TPSA) is 66.4 Å². The lowest BCUT2D eigenvalue weighted by Gasteiger charge is -2.09. The summed E-state index contributed by atoms with van der Waals surface area (Å²) in [4.78, 5) is 23.6. The van der Waals surface area contributed by atoms with Crippen molar-refractivity contribution in [2.75, 3.05) is 5.32 Å². The van der Waals surface area contributed by atoms with Gasteiger partial charge in [0.1, 0.15) is 0 Å². The molecule has 0 spiro atoms. The maximum Gasteiger partial charge on any atom is 0.307 e. The van der Waals surface area contributed by atoms with E-state index in [1.165, 1.54) is 0 Å². The lowest BCUT2D eigenvalue weighted by atomic mass is 10.0. The van der Waals surface area contributed by atoms with Crippen molar-refractivity contribution < 1.29 is 14.7 Å². The molecule has 0 aliphatic heterocycles. The van der Waals surface area contributed by atoms with Crippen molar-refractivity contribution in [3.8, 4) is 0 Å². The number of rotatable bonds is 7. The van der Waals surface area contributed by atoms with Crippen LogP contribution in [0.3, 0.4) is 0 Å². The van der Waals surface area contributed by atoms with Crippen molar-refractivity contribution in [1.29, 1.82) is 0 Å². The minimum atomic E-state index is -0.711. The standard InChI is InChI=1S/C24H21NO3/c26-23(18-6-2-1-3-7-18)19-8-4-5-16(13-19)15-25-20-11-9-17(10-12-20)21-14-22(21)24(27)28/h1-13,21-22,25H,14-15H2,(H,27,28)/t21-,22+/m0/s1. The summed E-state index contributed by atoms with van der Waals surface area (Å²) >= 11 is 0. The maximum atomic E-state index is 12.6. The van der Waals surface area contributed by atoms with Gasteiger partial charge in [-0.25, -0.2) is 0 Å². The first kappa shape index (κ1) is 18.0. The molecule has 0 heterocycles. The fourth-order valence-electron chi connectivity index (χ4n) is 3.47. The van der Waals surface area contributed by atoms with E-state index in [4.69, 9.17) is 5.11 Å². The van der Waals surface area contributed by atoms with E-state index in [2.05, 4.69) is 5.32 Å². The smallest absolute Gasteiger partial charge is 0.307 e. The number of benzene rings is 3. The predicted molar refractivity (Wildman–Crippen MR) is 109 cm³/mol. The van der Waals surface area contributed by atoms with Crippen LogP contribution in [0.5, 0.6) is 0 Å². The van der Waals surface area contributed by atoms with Crippen LogP contribution in [0.4, 0.5) is 5.69 Å². The highest BCUT2D eigenvalue weighted by molar-refractivity contribution is 6.09. The zero-order chi connectivity index (χ0) is 19.5. The van der Waals surface area contributed by atoms with Crippen molar-refractivity contribution in [2.24, 2.45) is 5.92 Å². The van der Waals surface area contributed by atoms with Gasteiger partial charge in [0.15, 0.2) is 5.78 Å². The maximum absolute atomic E-state index is 12.6. The second-order valence-corrected chi connectivity index (χ2v) is 7.16. The molecular weight excluding hydrogens is 350 g/mol. The number of anilines is 1. The molecule has 0 radical (unpaired) electrons. The molecule has 0 bridgehead atoms. The quantitative estimate of drug-likeness (QED) is 0.590. The molecule has 2 N–H and O–H groups in total. The van der Waals surface area contributed by atoms with Crippen LogP contribution in [0.15, 0.2) is 78.9 Å². The summed E-state index contributed by atoms with van der Waals surface area (Å²) in [5, 5.41) is 12.4. The van der Waals surface area contributed by atoms with E-state index in [9.17, 15) is 9.59 Å². The summed E-state index contributed by atoms with van der Waals surface area (Å²) in [5.41, 5.74) is 4.43. The number of carboxylic acid groups (broad SMARTS) is 1. The highest BCUT2D eigenvalue weighted by Gasteiger charge is 2.43. The zero-order valence-electron chi connectivity index (χ0n) is 15.3. The molecule has 0 amide bonds. The number of carboxylic acids is 1. The summed E-state index contributed by atoms with van der Waals surface area (Å²) in [6.07, 6.45) is 0.727. The Bertz CT molecular complexity index is 996. The minimum absolute atomic E-state index is 0.0178. The third-order valence-corrected chi connectivity index (χ3v) is 5.17. The van der Waals surface area contributed by atoms with E-state index >= 15 is 0 Å². The van der Waals surface area contributed by atoms with Crippen molar-refractivity contribution >= 4 is 17.4 Å². The Labute approximate surface area is 163 Å². The summed E-state index contributed by atoms with van der Waals surface area (Å²) in [7, 11) is 0. The number of aliphatic carboxylic acids is 1. The van der Waals surface area contributed by atoms with Crippen molar-refractivity contribution in [2.45, 2.75) is 18.9 Å². The third-order valence-electron chi connectivity index (χ3n) is 5.17. The molecule has 140 valence electrons. The number of hydrogen-bond acceptors (Lipinski definition) is 3. The average molecular weight is 371 g/mol. The van der Waals surface area contributed by atoms with Crippen molar-refractivity contribution in [3.05, 3.63) is 101 Å². The Balaban J connectivity index is 1.39. The SMILES string of the molecule is O=C(c1ccccc1)c1cccc(CNc2ccc([C@@H]3C[C@H]3C(=O)O)cc2)c1. The van der Waals surface area contributed by atoms with E-state index < -0.39 is 5.97 Å². The molecule has 3 aromatic carbocycles. The first-order chi connectivity index (χ1) is 13.6. The zero-order valence-corrected chi connectivity index (χ0v) is 15.3. The molecule has 0 unspecified atom stereocenters. The molecule has 3 aromatic rings. The van der Waals surface area contributed by atoms with Crippen LogP contribution >= 0.6 is 0 Å². The van der Waals surface area contributed by atoms with Gasteiger partial charge in [0.2, 0.25) is 0 Å². The molecule has 2 atom stereocenters. The average Bonchev–Trinajstić information content (AvgIpc) is 3.54. The van der Waals surface area contributed by atoms with Crippen LogP contribution in [0, 0.1) is 5.92 Å². The summed E-state index contributed by atoms with van der Waals surface area (Å²) in [6.45, 7) is 0.608. The van der Waals surface area contributed by atoms with Gasteiger partial charge in [-0.15, -0.1) is 0 Å². The Hall–Kier alpha value is -3.40. The molecular formula is C24H21NO3. The first-order valence-electron chi connectivity index (χ1n) is 9.37. The van der Waals surface area contributed by atoms with Crippen LogP contribution in [0.1, 0.15) is 39.4 Å². The molecule has 4 nitrogen and oxygen atoms in total. The van der Waals surface area contributed by atoms with E-state index in [0.717, 1.165) is 23.2 Å². The highest BCUT2D eigenvalue weighted by Crippen LogP contribution is 2.47. The number of hydrogen-bond donors (Lipinski definition) is 2. The normalized spacial score (nSPS) is 17.7. The van der Waals surface area contributed by atoms with E-state index in [0.29, 0.717) is 17.7 Å². The summed E-state index contributed by atoms with van der Waals surface area (Å²) < 4.78 is 0. The molecule has 1 aliphatic rings. The van der Waals surface area contributed by atoms with Gasteiger partial charge in [0.05, 0.1) is 5.92 Å². The number of carbonyl (C=O) groups excluding carboxylic acids is 1. The number of carbonyl (C=O) groups is 2. The molecule has 1 aliphatic carbocycles. The molecule has 28 heavy (non-hydrogen) atoms. The van der Waals surface area contributed by atoms with Gasteiger partial charge in [-0.1, -0.05) is 60.7 Å². The van der Waals surface area contributed by atoms with Crippen LogP contribution in [0.2, 0.25) is 0 Å². The van der Waals surface area contributed by atoms with Gasteiger partial charge in [-0.3, -0.25) is 9.59 Å². The largest absolute Gasteiger partial charge is 0.481 e. The van der Waals surface area contributed by atoms with Crippen LogP contribution < -0.4 is 5.32 Å². The van der Waals surface area contributed by atoms with Gasteiger partial charge < -0.3 is 10.4 Å². The lowest BCUT2D eigenvalue weighted by molar-refractivity contribution is -0.138. The third kappa shape index (κ3) is 3.96. The monoisotopic (exact) mass is 371 g/mol. The first-order valence-corrected chi connectivity index (χ1v) is 9.37. The Kier molecular flexibility index (Phi) is 4.94. The molecule has 1 fully saturated rings. The Morgan fingerprint density at radius 2 is 1.61 bits per heavy atom. The van der Waals surface area contributed by atoms with Gasteiger partial charge in [-0.05, 0) is 41.7 Å². The molecule has 4 heteroatoms. The molecule has 1 saturated carbocycles. The van der Waals surface area contributed by atoms with Gasteiger partial charge >= 0.3 is 5.97 Å². The van der Waals surface area contributed by atoms with Crippen LogP contribution in [-0.4, -0.2) is 16.9 Å². The van der Waals surface area contributed by atoms with Gasteiger partial charge in [0, 0.05) is 23.4 Å². The van der Waals surface area contributed by atoms with Gasteiger partial charge in [0.25, 0.3) is 0 Å². The lowest BCUT2D eigenvalue weighted by Crippen LogP contribution is -2.04. The Morgan fingerprint density at radius 1 is 0.893 bits per heavy atom.